The van der Waals surface area contributed by atoms with E-state index in [1.165, 1.54) is 0 Å². The summed E-state index contributed by atoms with van der Waals surface area (Å²) >= 11 is 0. The topological polar surface area (TPSA) is 54.5 Å². The average molecular weight is 265 g/mol. The summed E-state index contributed by atoms with van der Waals surface area (Å²) in [7, 11) is 3.93. The normalized spacial score (nSPS) is 10.6. The summed E-state index contributed by atoms with van der Waals surface area (Å²) in [6, 6.07) is 3.76. The number of rotatable bonds is 7. The van der Waals surface area contributed by atoms with Gasteiger partial charge in [-0.15, -0.1) is 0 Å². The number of hydrogen-bond acceptors (Lipinski definition) is 4. The van der Waals surface area contributed by atoms with Crippen LogP contribution in [0.25, 0.3) is 0 Å². The molecule has 0 fully saturated rings. The monoisotopic (exact) mass is 265 g/mol. The Morgan fingerprint density at radius 2 is 2.16 bits per heavy atom. The number of aryl methyl sites for hydroxylation is 2. The van der Waals surface area contributed by atoms with E-state index in [4.69, 9.17) is 4.74 Å². The number of hydrogen-bond donors (Lipinski definition) is 1. The first-order valence-electron chi connectivity index (χ1n) is 6.53. The average Bonchev–Trinajstić information content (AvgIpc) is 2.36. The highest BCUT2D eigenvalue weighted by Gasteiger charge is 2.07. The Hall–Kier alpha value is -1.62. The molecule has 1 N–H and O–H groups in total. The Labute approximate surface area is 115 Å². The van der Waals surface area contributed by atoms with Gasteiger partial charge in [0.05, 0.1) is 5.69 Å². The number of carbonyl (C=O) groups excluding carboxylic acids is 1. The van der Waals surface area contributed by atoms with Gasteiger partial charge in [0, 0.05) is 18.8 Å². The lowest BCUT2D eigenvalue weighted by Gasteiger charge is -2.12. The molecule has 1 rings (SSSR count). The Kier molecular flexibility index (Phi) is 6.29. The summed E-state index contributed by atoms with van der Waals surface area (Å²) in [6.45, 7) is 5.44. The van der Waals surface area contributed by atoms with Crippen molar-refractivity contribution in [1.29, 1.82) is 0 Å². The van der Waals surface area contributed by atoms with E-state index < -0.39 is 0 Å². The van der Waals surface area contributed by atoms with Crippen LogP contribution in [-0.4, -0.2) is 49.6 Å². The van der Waals surface area contributed by atoms with Crippen LogP contribution in [-0.2, 0) is 11.2 Å². The van der Waals surface area contributed by atoms with Crippen molar-refractivity contribution in [2.75, 3.05) is 33.8 Å². The molecule has 5 nitrogen and oxygen atoms in total. The molecule has 106 valence electrons. The second kappa shape index (κ2) is 7.74. The van der Waals surface area contributed by atoms with Crippen molar-refractivity contribution in [2.45, 2.75) is 20.3 Å². The lowest BCUT2D eigenvalue weighted by atomic mass is 10.2. The smallest absolute Gasteiger partial charge is 0.257 e. The predicted molar refractivity (Wildman–Crippen MR) is 75.4 cm³/mol. The standard InChI is InChI=1S/C14H23N3O2/c1-5-12-13(7-6-11(2)16-12)19-10-14(18)15-8-9-17(3)4/h6-7H,5,8-10H2,1-4H3,(H,15,18). The van der Waals surface area contributed by atoms with Gasteiger partial charge in [-0.1, -0.05) is 6.92 Å². The molecule has 1 amide bonds. The molecule has 1 aromatic heterocycles. The van der Waals surface area contributed by atoms with Crippen LogP contribution < -0.4 is 10.1 Å². The quantitative estimate of drug-likeness (QED) is 0.799. The summed E-state index contributed by atoms with van der Waals surface area (Å²) < 4.78 is 5.51. The maximum atomic E-state index is 11.6. The van der Waals surface area contributed by atoms with E-state index in [1.54, 1.807) is 0 Å². The molecule has 19 heavy (non-hydrogen) atoms. The fraction of sp³-hybridized carbons (Fsp3) is 0.571. The SMILES string of the molecule is CCc1nc(C)ccc1OCC(=O)NCCN(C)C. The largest absolute Gasteiger partial charge is 0.482 e. The minimum Gasteiger partial charge on any atom is -0.482 e. The highest BCUT2D eigenvalue weighted by atomic mass is 16.5. The van der Waals surface area contributed by atoms with Crippen LogP contribution in [0.3, 0.4) is 0 Å². The lowest BCUT2D eigenvalue weighted by molar-refractivity contribution is -0.123. The van der Waals surface area contributed by atoms with Gasteiger partial charge < -0.3 is 15.0 Å². The van der Waals surface area contributed by atoms with Crippen molar-refractivity contribution in [3.05, 3.63) is 23.5 Å². The number of likely N-dealkylation sites (N-methyl/N-ethyl adjacent to an activating group) is 1. The number of aromatic nitrogens is 1. The molecule has 0 unspecified atom stereocenters. The maximum Gasteiger partial charge on any atom is 0.257 e. The fourth-order valence-corrected chi connectivity index (χ4v) is 1.60. The Morgan fingerprint density at radius 3 is 2.79 bits per heavy atom. The molecule has 0 spiro atoms. The summed E-state index contributed by atoms with van der Waals surface area (Å²) in [5.41, 5.74) is 1.85. The maximum absolute atomic E-state index is 11.6. The van der Waals surface area contributed by atoms with Gasteiger partial charge in [0.2, 0.25) is 0 Å². The highest BCUT2D eigenvalue weighted by Crippen LogP contribution is 2.17. The second-order valence-corrected chi connectivity index (χ2v) is 4.69. The molecule has 0 radical (unpaired) electrons. The van der Waals surface area contributed by atoms with Crippen molar-refractivity contribution in [3.8, 4) is 5.75 Å². The molecule has 0 saturated carbocycles. The molecule has 0 atom stereocenters. The van der Waals surface area contributed by atoms with Gasteiger partial charge in [0.15, 0.2) is 6.61 Å². The number of nitrogens with zero attached hydrogens (tertiary/aromatic N) is 2. The summed E-state index contributed by atoms with van der Waals surface area (Å²) in [5, 5.41) is 2.81. The van der Waals surface area contributed by atoms with Crippen molar-refractivity contribution in [2.24, 2.45) is 0 Å². The Morgan fingerprint density at radius 1 is 1.42 bits per heavy atom. The van der Waals surface area contributed by atoms with E-state index in [9.17, 15) is 4.79 Å². The van der Waals surface area contributed by atoms with Gasteiger partial charge in [-0.3, -0.25) is 9.78 Å². The molecule has 1 heterocycles. The van der Waals surface area contributed by atoms with Crippen molar-refractivity contribution in [1.82, 2.24) is 15.2 Å². The van der Waals surface area contributed by atoms with Crippen LogP contribution in [0.1, 0.15) is 18.3 Å². The highest BCUT2D eigenvalue weighted by molar-refractivity contribution is 5.77. The number of carbonyl (C=O) groups is 1. The summed E-state index contributed by atoms with van der Waals surface area (Å²) in [6.07, 6.45) is 0.791. The van der Waals surface area contributed by atoms with Gasteiger partial charge in [-0.05, 0) is 39.6 Å². The number of amides is 1. The minimum atomic E-state index is -0.107. The zero-order valence-corrected chi connectivity index (χ0v) is 12.2. The molecule has 0 aromatic carbocycles. The molecule has 0 aliphatic rings. The molecule has 0 saturated heterocycles. The van der Waals surface area contributed by atoms with Gasteiger partial charge in [0.25, 0.3) is 5.91 Å². The van der Waals surface area contributed by atoms with Crippen LogP contribution in [0, 0.1) is 6.92 Å². The first-order chi connectivity index (χ1) is 9.02. The van der Waals surface area contributed by atoms with Crippen LogP contribution in [0.5, 0.6) is 5.75 Å². The molecule has 0 bridgehead atoms. The predicted octanol–water partition coefficient (Wildman–Crippen LogP) is 1.01. The van der Waals surface area contributed by atoms with E-state index in [1.807, 2.05) is 45.0 Å². The van der Waals surface area contributed by atoms with Crippen LogP contribution >= 0.6 is 0 Å². The van der Waals surface area contributed by atoms with Crippen LogP contribution in [0.15, 0.2) is 12.1 Å². The van der Waals surface area contributed by atoms with Crippen molar-refractivity contribution < 1.29 is 9.53 Å². The van der Waals surface area contributed by atoms with E-state index in [2.05, 4.69) is 10.3 Å². The van der Waals surface area contributed by atoms with E-state index in [-0.39, 0.29) is 12.5 Å². The number of nitrogens with one attached hydrogen (secondary N) is 1. The zero-order valence-electron chi connectivity index (χ0n) is 12.2. The van der Waals surface area contributed by atoms with Crippen molar-refractivity contribution in [3.63, 3.8) is 0 Å². The van der Waals surface area contributed by atoms with Gasteiger partial charge in [0.1, 0.15) is 5.75 Å². The Balaban J connectivity index is 2.41. The van der Waals surface area contributed by atoms with Gasteiger partial charge in [-0.2, -0.15) is 0 Å². The molecule has 1 aromatic rings. The summed E-state index contributed by atoms with van der Waals surface area (Å²) in [4.78, 5) is 18.0. The third kappa shape index (κ3) is 5.70. The van der Waals surface area contributed by atoms with Gasteiger partial charge in [-0.25, -0.2) is 0 Å². The van der Waals surface area contributed by atoms with Crippen molar-refractivity contribution >= 4 is 5.91 Å². The minimum absolute atomic E-state index is 0.0329. The molecular formula is C14H23N3O2. The molecule has 0 aliphatic carbocycles. The molecular weight excluding hydrogens is 242 g/mol. The third-order valence-corrected chi connectivity index (χ3v) is 2.65. The van der Waals surface area contributed by atoms with Crippen LogP contribution in [0.2, 0.25) is 0 Å². The van der Waals surface area contributed by atoms with E-state index >= 15 is 0 Å². The second-order valence-electron chi connectivity index (χ2n) is 4.69. The van der Waals surface area contributed by atoms with E-state index in [0.29, 0.717) is 12.3 Å². The lowest BCUT2D eigenvalue weighted by Crippen LogP contribution is -2.34. The molecule has 0 aliphatic heterocycles. The summed E-state index contributed by atoms with van der Waals surface area (Å²) in [5.74, 6) is 0.584. The van der Waals surface area contributed by atoms with Gasteiger partial charge >= 0.3 is 0 Å². The number of ether oxygens (including phenoxy) is 1. The fourth-order valence-electron chi connectivity index (χ4n) is 1.60. The third-order valence-electron chi connectivity index (χ3n) is 2.65. The van der Waals surface area contributed by atoms with E-state index in [0.717, 1.165) is 24.4 Å². The van der Waals surface area contributed by atoms with Crippen LogP contribution in [0.4, 0.5) is 0 Å². The molecule has 5 heteroatoms. The first kappa shape index (κ1) is 15.4. The zero-order chi connectivity index (χ0) is 14.3. The Bertz CT molecular complexity index is 419. The first-order valence-corrected chi connectivity index (χ1v) is 6.53. The number of pyridine rings is 1.